The number of hydrogen-bond donors (Lipinski definition) is 1. The molecule has 0 aromatic carbocycles. The summed E-state index contributed by atoms with van der Waals surface area (Å²) in [6.07, 6.45) is 4.25. The molecule has 0 bridgehead atoms. The second kappa shape index (κ2) is 7.19. The summed E-state index contributed by atoms with van der Waals surface area (Å²) in [4.78, 5) is 4.53. The van der Waals surface area contributed by atoms with Crippen molar-refractivity contribution in [1.82, 2.24) is 0 Å². The van der Waals surface area contributed by atoms with Crippen LogP contribution in [0.2, 0.25) is 0 Å². The van der Waals surface area contributed by atoms with Crippen molar-refractivity contribution in [2.75, 3.05) is 5.75 Å². The summed E-state index contributed by atoms with van der Waals surface area (Å²) >= 11 is 4.24. The molecule has 0 radical (unpaired) electrons. The van der Waals surface area contributed by atoms with Gasteiger partial charge in [-0.2, -0.15) is 12.6 Å². The van der Waals surface area contributed by atoms with E-state index < -0.39 is 0 Å². The van der Waals surface area contributed by atoms with Gasteiger partial charge in [-0.1, -0.05) is 26.8 Å². The van der Waals surface area contributed by atoms with Crippen LogP contribution in [0, 0.1) is 5.92 Å². The Morgan fingerprint density at radius 1 is 1.46 bits per heavy atom. The quantitative estimate of drug-likeness (QED) is 0.512. The largest absolute Gasteiger partial charge is 0.262 e. The summed E-state index contributed by atoms with van der Waals surface area (Å²) in [5.41, 5.74) is 2.31. The number of rotatable bonds is 5. The molecule has 0 atom stereocenters. The molecule has 76 valence electrons. The van der Waals surface area contributed by atoms with Gasteiger partial charge in [-0.15, -0.1) is 0 Å². The average molecular weight is 199 g/mol. The minimum absolute atomic E-state index is 0.687. The first-order chi connectivity index (χ1) is 6.10. The van der Waals surface area contributed by atoms with Crippen molar-refractivity contribution >= 4 is 18.3 Å². The van der Waals surface area contributed by atoms with Gasteiger partial charge in [0.25, 0.3) is 0 Å². The van der Waals surface area contributed by atoms with Crippen LogP contribution in [0.1, 0.15) is 40.5 Å². The van der Waals surface area contributed by atoms with Gasteiger partial charge >= 0.3 is 0 Å². The lowest BCUT2D eigenvalue weighted by molar-refractivity contribution is 0.682. The zero-order valence-electron chi connectivity index (χ0n) is 9.17. The van der Waals surface area contributed by atoms with Gasteiger partial charge in [0.05, 0.1) is 0 Å². The summed E-state index contributed by atoms with van der Waals surface area (Å²) in [5, 5.41) is 0. The first-order valence-electron chi connectivity index (χ1n) is 4.94. The minimum Gasteiger partial charge on any atom is -0.262 e. The zero-order chi connectivity index (χ0) is 10.3. The van der Waals surface area contributed by atoms with Gasteiger partial charge in [-0.05, 0) is 25.7 Å². The normalized spacial score (nSPS) is 14.0. The molecule has 0 rings (SSSR count). The van der Waals surface area contributed by atoms with Gasteiger partial charge in [-0.3, -0.25) is 4.99 Å². The Balaban J connectivity index is 4.24. The Morgan fingerprint density at radius 2 is 2.08 bits per heavy atom. The predicted octanol–water partition coefficient (Wildman–Crippen LogP) is 3.72. The van der Waals surface area contributed by atoms with Crippen LogP contribution in [-0.2, 0) is 0 Å². The first kappa shape index (κ1) is 12.8. The second-order valence-corrected chi connectivity index (χ2v) is 4.02. The molecule has 0 saturated carbocycles. The van der Waals surface area contributed by atoms with Gasteiger partial charge in [0.1, 0.15) is 0 Å². The van der Waals surface area contributed by atoms with E-state index in [4.69, 9.17) is 0 Å². The summed E-state index contributed by atoms with van der Waals surface area (Å²) in [5.74, 6) is 1.43. The third-order valence-corrected chi connectivity index (χ3v) is 1.96. The number of nitrogens with zero attached hydrogens (tertiary/aromatic N) is 1. The van der Waals surface area contributed by atoms with Gasteiger partial charge < -0.3 is 0 Å². The van der Waals surface area contributed by atoms with E-state index in [2.05, 4.69) is 51.4 Å². The van der Waals surface area contributed by atoms with E-state index in [0.29, 0.717) is 5.92 Å². The Morgan fingerprint density at radius 3 is 2.46 bits per heavy atom. The maximum Gasteiger partial charge on any atom is 0.0459 e. The summed E-state index contributed by atoms with van der Waals surface area (Å²) < 4.78 is 0. The van der Waals surface area contributed by atoms with E-state index in [9.17, 15) is 0 Å². The maximum absolute atomic E-state index is 4.53. The van der Waals surface area contributed by atoms with Crippen LogP contribution in [0.4, 0.5) is 0 Å². The molecule has 0 saturated heterocycles. The molecule has 0 amide bonds. The molecular formula is C11H21NS. The highest BCUT2D eigenvalue weighted by Gasteiger charge is 1.98. The van der Waals surface area contributed by atoms with Crippen LogP contribution < -0.4 is 0 Å². The summed E-state index contributed by atoms with van der Waals surface area (Å²) in [7, 11) is 0. The third kappa shape index (κ3) is 6.88. The molecule has 2 heteroatoms. The van der Waals surface area contributed by atoms with Crippen molar-refractivity contribution in [1.29, 1.82) is 0 Å². The fraction of sp³-hybridized carbons (Fsp3) is 0.727. The molecule has 0 aliphatic rings. The van der Waals surface area contributed by atoms with Gasteiger partial charge in [0.15, 0.2) is 0 Å². The maximum atomic E-state index is 4.53. The smallest absolute Gasteiger partial charge is 0.0459 e. The predicted molar refractivity (Wildman–Crippen MR) is 64.8 cm³/mol. The lowest BCUT2D eigenvalue weighted by Gasteiger charge is -2.04. The highest BCUT2D eigenvalue weighted by molar-refractivity contribution is 7.80. The van der Waals surface area contributed by atoms with E-state index in [-0.39, 0.29) is 0 Å². The van der Waals surface area contributed by atoms with Crippen LogP contribution in [0.25, 0.3) is 0 Å². The van der Waals surface area contributed by atoms with E-state index in [0.717, 1.165) is 24.3 Å². The lowest BCUT2D eigenvalue weighted by atomic mass is 10.1. The van der Waals surface area contributed by atoms with Crippen molar-refractivity contribution < 1.29 is 0 Å². The molecule has 0 unspecified atom stereocenters. The van der Waals surface area contributed by atoms with Crippen LogP contribution in [-0.4, -0.2) is 11.5 Å². The van der Waals surface area contributed by atoms with E-state index in [1.165, 1.54) is 5.71 Å². The number of hydrogen-bond acceptors (Lipinski definition) is 2. The van der Waals surface area contributed by atoms with Gasteiger partial charge in [-0.25, -0.2) is 0 Å². The van der Waals surface area contributed by atoms with Gasteiger partial charge in [0.2, 0.25) is 0 Å². The van der Waals surface area contributed by atoms with Crippen LogP contribution in [0.15, 0.2) is 16.8 Å². The van der Waals surface area contributed by atoms with Crippen molar-refractivity contribution in [2.24, 2.45) is 10.9 Å². The first-order valence-corrected chi connectivity index (χ1v) is 5.57. The standard InChI is InChI=1S/C11H21NS/c1-5-6-11(8-13)12-10(4)7-9(2)3/h6,9,13H,5,7-8H2,1-4H3/b11-6-,12-10?. The number of aliphatic imine (C=N–C) groups is 1. The molecule has 0 fully saturated rings. The van der Waals surface area contributed by atoms with Crippen LogP contribution in [0.5, 0.6) is 0 Å². The molecule has 0 aliphatic carbocycles. The lowest BCUT2D eigenvalue weighted by Crippen LogP contribution is -1.99. The molecule has 0 N–H and O–H groups in total. The van der Waals surface area contributed by atoms with E-state index in [1.54, 1.807) is 0 Å². The monoisotopic (exact) mass is 199 g/mol. The van der Waals surface area contributed by atoms with E-state index >= 15 is 0 Å². The number of allylic oxidation sites excluding steroid dienone is 1. The Bertz CT molecular complexity index is 192. The van der Waals surface area contributed by atoms with Crippen molar-refractivity contribution in [3.63, 3.8) is 0 Å². The molecule has 0 aliphatic heterocycles. The second-order valence-electron chi connectivity index (χ2n) is 3.71. The van der Waals surface area contributed by atoms with Crippen LogP contribution in [0.3, 0.4) is 0 Å². The Hall–Kier alpha value is -0.240. The molecule has 0 heterocycles. The van der Waals surface area contributed by atoms with Crippen molar-refractivity contribution in [2.45, 2.75) is 40.5 Å². The molecular weight excluding hydrogens is 178 g/mol. The fourth-order valence-corrected chi connectivity index (χ4v) is 1.46. The highest BCUT2D eigenvalue weighted by Crippen LogP contribution is 2.07. The van der Waals surface area contributed by atoms with Crippen molar-refractivity contribution in [3.05, 3.63) is 11.8 Å². The molecule has 1 nitrogen and oxygen atoms in total. The summed E-state index contributed by atoms with van der Waals surface area (Å²) in [6.45, 7) is 8.63. The molecule has 13 heavy (non-hydrogen) atoms. The third-order valence-electron chi connectivity index (χ3n) is 1.64. The average Bonchev–Trinajstić information content (AvgIpc) is 2.02. The topological polar surface area (TPSA) is 12.4 Å². The van der Waals surface area contributed by atoms with Gasteiger partial charge in [0, 0.05) is 17.2 Å². The fourth-order valence-electron chi connectivity index (χ4n) is 1.26. The zero-order valence-corrected chi connectivity index (χ0v) is 10.1. The molecule has 0 aromatic rings. The Kier molecular flexibility index (Phi) is 7.06. The highest BCUT2D eigenvalue weighted by atomic mass is 32.1. The number of thiol groups is 1. The SMILES string of the molecule is CC/C=C(/CS)N=C(C)CC(C)C. The van der Waals surface area contributed by atoms with Crippen LogP contribution >= 0.6 is 12.6 Å². The summed E-state index contributed by atoms with van der Waals surface area (Å²) in [6, 6.07) is 0. The molecule has 0 spiro atoms. The van der Waals surface area contributed by atoms with E-state index in [1.807, 2.05) is 0 Å². The Labute approximate surface area is 87.7 Å². The molecule has 0 aromatic heterocycles. The minimum atomic E-state index is 0.687. The van der Waals surface area contributed by atoms with Crippen molar-refractivity contribution in [3.8, 4) is 0 Å².